The van der Waals surface area contributed by atoms with Crippen LogP contribution in [0.4, 0.5) is 0 Å². The van der Waals surface area contributed by atoms with Crippen molar-refractivity contribution in [2.45, 2.75) is 26.7 Å². The second-order valence-electron chi connectivity index (χ2n) is 3.68. The molecule has 74 valence electrons. The molecule has 0 fully saturated rings. The van der Waals surface area contributed by atoms with Crippen molar-refractivity contribution < 1.29 is 0 Å². The Balaban J connectivity index is 1.96. The lowest BCUT2D eigenvalue weighted by Gasteiger charge is -2.05. The first kappa shape index (κ1) is 10.7. The molecule has 1 heterocycles. The van der Waals surface area contributed by atoms with Gasteiger partial charge in [-0.05, 0) is 31.8 Å². The average molecular weight is 198 g/mol. The van der Waals surface area contributed by atoms with E-state index in [-0.39, 0.29) is 0 Å². The van der Waals surface area contributed by atoms with Crippen LogP contribution in [0.25, 0.3) is 0 Å². The number of aryl methyl sites for hydroxylation is 1. The Kier molecular flexibility index (Phi) is 5.01. The number of hydrogen-bond donors (Lipinski definition) is 1. The van der Waals surface area contributed by atoms with E-state index in [0.29, 0.717) is 0 Å². The van der Waals surface area contributed by atoms with E-state index in [2.05, 4.69) is 29.5 Å². The number of nitrogens with one attached hydrogen (secondary N) is 1. The highest BCUT2D eigenvalue weighted by molar-refractivity contribution is 7.07. The highest BCUT2D eigenvalue weighted by Crippen LogP contribution is 2.03. The summed E-state index contributed by atoms with van der Waals surface area (Å²) in [5.41, 5.74) is 3.13. The zero-order chi connectivity index (χ0) is 9.52. The molecular weight excluding hydrogens is 180 g/mol. The second-order valence-corrected chi connectivity index (χ2v) is 4.40. The summed E-state index contributed by atoms with van der Waals surface area (Å²) in [6, 6.07) is 0. The smallest absolute Gasteiger partial charge is 0.0794 e. The minimum atomic E-state index is 0.749. The van der Waals surface area contributed by atoms with Crippen LogP contribution < -0.4 is 5.32 Å². The molecule has 0 aliphatic rings. The van der Waals surface area contributed by atoms with Gasteiger partial charge in [-0.1, -0.05) is 13.8 Å². The van der Waals surface area contributed by atoms with E-state index in [1.165, 1.54) is 12.1 Å². The quantitative estimate of drug-likeness (QED) is 0.710. The van der Waals surface area contributed by atoms with E-state index in [0.717, 1.165) is 25.4 Å². The van der Waals surface area contributed by atoms with E-state index < -0.39 is 0 Å². The molecular formula is C10H18N2S. The Hall–Kier alpha value is -0.410. The van der Waals surface area contributed by atoms with Gasteiger partial charge in [-0.25, -0.2) is 4.98 Å². The zero-order valence-electron chi connectivity index (χ0n) is 8.42. The minimum Gasteiger partial charge on any atom is -0.316 e. The Bertz CT molecular complexity index is 207. The van der Waals surface area contributed by atoms with Gasteiger partial charge in [0.25, 0.3) is 0 Å². The first-order chi connectivity index (χ1) is 6.29. The van der Waals surface area contributed by atoms with Crippen molar-refractivity contribution >= 4 is 11.3 Å². The lowest BCUT2D eigenvalue weighted by Crippen LogP contribution is -2.21. The topological polar surface area (TPSA) is 24.9 Å². The van der Waals surface area contributed by atoms with Gasteiger partial charge in [0.15, 0.2) is 0 Å². The molecule has 0 bridgehead atoms. The second kappa shape index (κ2) is 6.11. The van der Waals surface area contributed by atoms with Gasteiger partial charge in [0.05, 0.1) is 11.2 Å². The highest BCUT2D eigenvalue weighted by atomic mass is 32.1. The third-order valence-electron chi connectivity index (χ3n) is 1.82. The van der Waals surface area contributed by atoms with Crippen LogP contribution in [0.3, 0.4) is 0 Å². The van der Waals surface area contributed by atoms with Gasteiger partial charge in [0, 0.05) is 5.38 Å². The molecule has 0 amide bonds. The minimum absolute atomic E-state index is 0.749. The van der Waals surface area contributed by atoms with Crippen LogP contribution in [-0.2, 0) is 6.42 Å². The van der Waals surface area contributed by atoms with Crippen molar-refractivity contribution in [3.05, 3.63) is 16.6 Å². The van der Waals surface area contributed by atoms with Gasteiger partial charge >= 0.3 is 0 Å². The van der Waals surface area contributed by atoms with Crippen LogP contribution in [0.5, 0.6) is 0 Å². The normalized spacial score (nSPS) is 11.0. The fraction of sp³-hybridized carbons (Fsp3) is 0.700. The molecule has 2 nitrogen and oxygen atoms in total. The number of nitrogens with zero attached hydrogens (tertiary/aromatic N) is 1. The summed E-state index contributed by atoms with van der Waals surface area (Å²) >= 11 is 1.68. The van der Waals surface area contributed by atoms with Crippen LogP contribution >= 0.6 is 11.3 Å². The van der Waals surface area contributed by atoms with Crippen molar-refractivity contribution in [2.75, 3.05) is 13.1 Å². The maximum Gasteiger partial charge on any atom is 0.0794 e. The molecule has 0 saturated heterocycles. The van der Waals surface area contributed by atoms with E-state index >= 15 is 0 Å². The summed E-state index contributed by atoms with van der Waals surface area (Å²) in [7, 11) is 0. The summed E-state index contributed by atoms with van der Waals surface area (Å²) in [6.45, 7) is 6.69. The SMILES string of the molecule is CC(C)CNCCCc1cscn1. The molecule has 0 saturated carbocycles. The van der Waals surface area contributed by atoms with Gasteiger partial charge in [0.1, 0.15) is 0 Å². The van der Waals surface area contributed by atoms with Crippen LogP contribution in [0, 0.1) is 5.92 Å². The number of hydrogen-bond acceptors (Lipinski definition) is 3. The molecule has 1 N–H and O–H groups in total. The zero-order valence-corrected chi connectivity index (χ0v) is 9.23. The molecule has 1 aromatic rings. The van der Waals surface area contributed by atoms with E-state index in [9.17, 15) is 0 Å². The molecule has 0 aliphatic heterocycles. The molecule has 0 spiro atoms. The predicted octanol–water partition coefficient (Wildman–Crippen LogP) is 2.32. The summed E-state index contributed by atoms with van der Waals surface area (Å²) in [5.74, 6) is 0.749. The van der Waals surface area contributed by atoms with Gasteiger partial charge in [-0.15, -0.1) is 11.3 Å². The van der Waals surface area contributed by atoms with Crippen molar-refractivity contribution in [1.82, 2.24) is 10.3 Å². The monoisotopic (exact) mass is 198 g/mol. The number of aromatic nitrogens is 1. The summed E-state index contributed by atoms with van der Waals surface area (Å²) in [4.78, 5) is 4.24. The third kappa shape index (κ3) is 5.01. The van der Waals surface area contributed by atoms with E-state index in [1.54, 1.807) is 11.3 Å². The fourth-order valence-corrected chi connectivity index (χ4v) is 1.74. The first-order valence-electron chi connectivity index (χ1n) is 4.87. The molecule has 0 atom stereocenters. The molecule has 1 aromatic heterocycles. The largest absolute Gasteiger partial charge is 0.316 e. The van der Waals surface area contributed by atoms with Gasteiger partial charge in [-0.3, -0.25) is 0 Å². The predicted molar refractivity (Wildman–Crippen MR) is 58.1 cm³/mol. The molecule has 0 aromatic carbocycles. The fourth-order valence-electron chi connectivity index (χ4n) is 1.15. The van der Waals surface area contributed by atoms with Gasteiger partial charge in [-0.2, -0.15) is 0 Å². The van der Waals surface area contributed by atoms with Crippen molar-refractivity contribution in [3.63, 3.8) is 0 Å². The molecule has 0 aliphatic carbocycles. The Morgan fingerprint density at radius 2 is 2.38 bits per heavy atom. The van der Waals surface area contributed by atoms with Gasteiger partial charge < -0.3 is 5.32 Å². The van der Waals surface area contributed by atoms with E-state index in [1.807, 2.05) is 5.51 Å². The average Bonchev–Trinajstić information content (AvgIpc) is 2.55. The Labute approximate surface area is 84.4 Å². The maximum atomic E-state index is 4.24. The summed E-state index contributed by atoms with van der Waals surface area (Å²) in [5, 5.41) is 5.55. The molecule has 0 radical (unpaired) electrons. The Morgan fingerprint density at radius 1 is 1.54 bits per heavy atom. The Morgan fingerprint density at radius 3 is 3.00 bits per heavy atom. The highest BCUT2D eigenvalue weighted by Gasteiger charge is 1.95. The number of thiazole rings is 1. The van der Waals surface area contributed by atoms with Crippen molar-refractivity contribution in [3.8, 4) is 0 Å². The molecule has 13 heavy (non-hydrogen) atoms. The third-order valence-corrected chi connectivity index (χ3v) is 2.46. The van der Waals surface area contributed by atoms with Gasteiger partial charge in [0.2, 0.25) is 0 Å². The lowest BCUT2D eigenvalue weighted by atomic mass is 10.2. The first-order valence-corrected chi connectivity index (χ1v) is 5.81. The van der Waals surface area contributed by atoms with Crippen molar-refractivity contribution in [1.29, 1.82) is 0 Å². The summed E-state index contributed by atoms with van der Waals surface area (Å²) < 4.78 is 0. The lowest BCUT2D eigenvalue weighted by molar-refractivity contribution is 0.542. The molecule has 0 unspecified atom stereocenters. The molecule has 1 rings (SSSR count). The van der Waals surface area contributed by atoms with Crippen molar-refractivity contribution in [2.24, 2.45) is 5.92 Å². The number of rotatable bonds is 6. The standard InChI is InChI=1S/C10H18N2S/c1-9(2)6-11-5-3-4-10-7-13-8-12-10/h7-9,11H,3-6H2,1-2H3. The van der Waals surface area contributed by atoms with Crippen LogP contribution in [0.2, 0.25) is 0 Å². The maximum absolute atomic E-state index is 4.24. The van der Waals surface area contributed by atoms with Crippen LogP contribution in [0.1, 0.15) is 26.0 Å². The molecule has 3 heteroatoms. The van der Waals surface area contributed by atoms with E-state index in [4.69, 9.17) is 0 Å². The van der Waals surface area contributed by atoms with Crippen LogP contribution in [-0.4, -0.2) is 18.1 Å². The van der Waals surface area contributed by atoms with Crippen LogP contribution in [0.15, 0.2) is 10.9 Å². The summed E-state index contributed by atoms with van der Waals surface area (Å²) in [6.07, 6.45) is 2.30.